The van der Waals surface area contributed by atoms with E-state index in [1.54, 1.807) is 31.4 Å². The third-order valence-electron chi connectivity index (χ3n) is 4.45. The molecule has 0 amide bonds. The second-order valence-electron chi connectivity index (χ2n) is 6.04. The second kappa shape index (κ2) is 7.78. The molecule has 0 bridgehead atoms. The predicted molar refractivity (Wildman–Crippen MR) is 105 cm³/mol. The van der Waals surface area contributed by atoms with E-state index in [9.17, 15) is 20.0 Å². The van der Waals surface area contributed by atoms with Crippen molar-refractivity contribution < 1.29 is 24.2 Å². The smallest absolute Gasteiger partial charge is 0.357 e. The van der Waals surface area contributed by atoms with Gasteiger partial charge in [-0.1, -0.05) is 18.2 Å². The number of methoxy groups -OCH3 is 2. The Bertz CT molecular complexity index is 1140. The summed E-state index contributed by atoms with van der Waals surface area (Å²) in [4.78, 5) is 24.1. The lowest BCUT2D eigenvalue weighted by atomic mass is 10.0. The number of nitrogens with two attached hydrogens (primary N) is 1. The first-order chi connectivity index (χ1) is 13.9. The Balaban J connectivity index is 2.26. The van der Waals surface area contributed by atoms with Gasteiger partial charge in [-0.2, -0.15) is 5.26 Å². The number of nitrogen functional groups attached to an aromatic ring is 1. The molecule has 0 saturated carbocycles. The first-order valence-electron chi connectivity index (χ1n) is 8.42. The molecule has 8 nitrogen and oxygen atoms in total. The average Bonchev–Trinajstić information content (AvgIpc) is 3.08. The number of aromatic carboxylic acids is 1. The highest BCUT2D eigenvalue weighted by Gasteiger charge is 2.24. The number of aromatic nitrogens is 1. The molecular weight excluding hydrogens is 374 g/mol. The minimum Gasteiger partial charge on any atom is -0.497 e. The average molecular weight is 391 g/mol. The van der Waals surface area contributed by atoms with E-state index in [1.165, 1.54) is 23.9 Å². The van der Waals surface area contributed by atoms with Crippen molar-refractivity contribution in [2.24, 2.45) is 0 Å². The zero-order valence-corrected chi connectivity index (χ0v) is 15.7. The molecule has 0 aliphatic carbocycles. The largest absolute Gasteiger partial charge is 0.497 e. The highest BCUT2D eigenvalue weighted by molar-refractivity contribution is 5.98. The quantitative estimate of drug-likeness (QED) is 0.640. The molecule has 1 heterocycles. The minimum absolute atomic E-state index is 0.0385. The van der Waals surface area contributed by atoms with Gasteiger partial charge in [-0.3, -0.25) is 0 Å². The number of carboxylic acids is 1. The molecule has 29 heavy (non-hydrogen) atoms. The topological polar surface area (TPSA) is 128 Å². The molecule has 0 atom stereocenters. The number of carbonyl (C=O) groups is 2. The van der Waals surface area contributed by atoms with Crippen molar-refractivity contribution in [3.63, 3.8) is 0 Å². The molecule has 146 valence electrons. The zero-order chi connectivity index (χ0) is 21.1. The first kappa shape index (κ1) is 19.5. The molecule has 3 aromatic rings. The number of rotatable bonds is 5. The van der Waals surface area contributed by atoms with Crippen LogP contribution in [-0.2, 0) is 4.74 Å². The highest BCUT2D eigenvalue weighted by atomic mass is 16.5. The van der Waals surface area contributed by atoms with Gasteiger partial charge in [-0.25, -0.2) is 9.59 Å². The molecule has 3 rings (SSSR count). The third kappa shape index (κ3) is 3.49. The molecule has 0 aliphatic rings. The summed E-state index contributed by atoms with van der Waals surface area (Å²) in [6.45, 7) is 0. The van der Waals surface area contributed by atoms with Crippen LogP contribution in [0.25, 0.3) is 16.8 Å². The Morgan fingerprint density at radius 2 is 1.76 bits per heavy atom. The van der Waals surface area contributed by atoms with Gasteiger partial charge >= 0.3 is 11.9 Å². The number of nitriles is 1. The normalized spacial score (nSPS) is 10.2. The van der Waals surface area contributed by atoms with Crippen LogP contribution >= 0.6 is 0 Å². The summed E-state index contributed by atoms with van der Waals surface area (Å²) in [6.07, 6.45) is 1.32. The van der Waals surface area contributed by atoms with Crippen LogP contribution in [0.2, 0.25) is 0 Å². The van der Waals surface area contributed by atoms with E-state index in [4.69, 9.17) is 15.2 Å². The summed E-state index contributed by atoms with van der Waals surface area (Å²) in [5.74, 6) is -1.29. The maximum absolute atomic E-state index is 12.3. The van der Waals surface area contributed by atoms with Crippen LogP contribution < -0.4 is 10.5 Å². The summed E-state index contributed by atoms with van der Waals surface area (Å²) in [5.41, 5.74) is 7.41. The molecule has 2 aromatic carbocycles. The van der Waals surface area contributed by atoms with Gasteiger partial charge in [0.05, 0.1) is 36.7 Å². The van der Waals surface area contributed by atoms with Gasteiger partial charge in [0.1, 0.15) is 11.8 Å². The lowest BCUT2D eigenvalue weighted by Gasteiger charge is -2.13. The Labute approximate surface area is 166 Å². The van der Waals surface area contributed by atoms with Gasteiger partial charge in [-0.05, 0) is 35.4 Å². The SMILES string of the molecule is COC(=O)c1c(N)c(C#N)cn1-c1cc(-c2ccc(OC)cc2)ccc1C(=O)O. The van der Waals surface area contributed by atoms with Gasteiger partial charge in [0.25, 0.3) is 0 Å². The molecule has 0 aliphatic heterocycles. The molecule has 1 aromatic heterocycles. The van der Waals surface area contributed by atoms with Crippen molar-refractivity contribution in [3.8, 4) is 28.6 Å². The monoisotopic (exact) mass is 391 g/mol. The number of benzene rings is 2. The van der Waals surface area contributed by atoms with Crippen molar-refractivity contribution in [2.75, 3.05) is 20.0 Å². The van der Waals surface area contributed by atoms with Crippen LogP contribution in [0.15, 0.2) is 48.7 Å². The van der Waals surface area contributed by atoms with E-state index < -0.39 is 11.9 Å². The number of hydrogen-bond donors (Lipinski definition) is 2. The molecule has 0 spiro atoms. The van der Waals surface area contributed by atoms with Gasteiger partial charge in [0.2, 0.25) is 0 Å². The van der Waals surface area contributed by atoms with E-state index in [0.717, 1.165) is 5.56 Å². The fraction of sp³-hybridized carbons (Fsp3) is 0.0952. The highest BCUT2D eigenvalue weighted by Crippen LogP contribution is 2.31. The maximum Gasteiger partial charge on any atom is 0.357 e. The van der Waals surface area contributed by atoms with Crippen LogP contribution in [0.1, 0.15) is 26.4 Å². The number of hydrogen-bond acceptors (Lipinski definition) is 6. The number of ether oxygens (including phenoxy) is 2. The third-order valence-corrected chi connectivity index (χ3v) is 4.45. The number of anilines is 1. The summed E-state index contributed by atoms with van der Waals surface area (Å²) in [7, 11) is 2.74. The maximum atomic E-state index is 12.3. The van der Waals surface area contributed by atoms with E-state index in [2.05, 4.69) is 0 Å². The zero-order valence-electron chi connectivity index (χ0n) is 15.7. The molecule has 3 N–H and O–H groups in total. The Kier molecular flexibility index (Phi) is 5.23. The molecular formula is C21H17N3O5. The fourth-order valence-electron chi connectivity index (χ4n) is 2.98. The van der Waals surface area contributed by atoms with Crippen molar-refractivity contribution in [2.45, 2.75) is 0 Å². The van der Waals surface area contributed by atoms with Crippen LogP contribution in [-0.4, -0.2) is 35.8 Å². The summed E-state index contributed by atoms with van der Waals surface area (Å²) in [6, 6.07) is 13.8. The van der Waals surface area contributed by atoms with Gasteiger partial charge in [0, 0.05) is 6.20 Å². The predicted octanol–water partition coefficient (Wildman–Crippen LogP) is 3.09. The van der Waals surface area contributed by atoms with E-state index in [-0.39, 0.29) is 28.2 Å². The number of nitrogens with zero attached hydrogens (tertiary/aromatic N) is 2. The Morgan fingerprint density at radius 1 is 1.10 bits per heavy atom. The van der Waals surface area contributed by atoms with Crippen molar-refractivity contribution >= 4 is 17.6 Å². The fourth-order valence-corrected chi connectivity index (χ4v) is 2.98. The van der Waals surface area contributed by atoms with Crippen molar-refractivity contribution in [1.82, 2.24) is 4.57 Å². The van der Waals surface area contributed by atoms with Gasteiger partial charge in [0.15, 0.2) is 5.69 Å². The molecule has 0 saturated heterocycles. The van der Waals surface area contributed by atoms with Crippen LogP contribution in [0.4, 0.5) is 5.69 Å². The van der Waals surface area contributed by atoms with Crippen molar-refractivity contribution in [3.05, 3.63) is 65.5 Å². The van der Waals surface area contributed by atoms with Gasteiger partial charge in [-0.15, -0.1) is 0 Å². The minimum atomic E-state index is -1.19. The molecule has 8 heteroatoms. The van der Waals surface area contributed by atoms with E-state index in [1.807, 2.05) is 18.2 Å². The van der Waals surface area contributed by atoms with Crippen LogP contribution in [0.5, 0.6) is 5.75 Å². The summed E-state index contributed by atoms with van der Waals surface area (Å²) in [5, 5.41) is 18.9. The summed E-state index contributed by atoms with van der Waals surface area (Å²) >= 11 is 0. The van der Waals surface area contributed by atoms with Crippen LogP contribution in [0.3, 0.4) is 0 Å². The second-order valence-corrected chi connectivity index (χ2v) is 6.04. The first-order valence-corrected chi connectivity index (χ1v) is 8.42. The molecule has 0 unspecified atom stereocenters. The lowest BCUT2D eigenvalue weighted by molar-refractivity contribution is 0.0591. The number of esters is 1. The Hall–Kier alpha value is -4.25. The summed E-state index contributed by atoms with van der Waals surface area (Å²) < 4.78 is 11.2. The van der Waals surface area contributed by atoms with Gasteiger partial charge < -0.3 is 24.9 Å². The number of carboxylic acid groups (broad SMARTS) is 1. The standard InChI is InChI=1S/C21H17N3O5/c1-28-15-6-3-12(4-7-15)13-5-8-16(20(25)26)17(9-13)24-11-14(10-22)18(23)19(24)21(27)29-2/h3-9,11H,23H2,1-2H3,(H,25,26). The molecule has 0 radical (unpaired) electrons. The van der Waals surface area contributed by atoms with Crippen LogP contribution in [0, 0.1) is 11.3 Å². The lowest BCUT2D eigenvalue weighted by Crippen LogP contribution is -2.13. The van der Waals surface area contributed by atoms with E-state index >= 15 is 0 Å². The number of carbonyl (C=O) groups excluding carboxylic acids is 1. The van der Waals surface area contributed by atoms with E-state index in [0.29, 0.717) is 11.3 Å². The Morgan fingerprint density at radius 3 is 2.31 bits per heavy atom. The molecule has 0 fully saturated rings. The van der Waals surface area contributed by atoms with Crippen molar-refractivity contribution in [1.29, 1.82) is 5.26 Å².